The molecule has 0 saturated heterocycles. The first-order valence-electron chi connectivity index (χ1n) is 9.54. The van der Waals surface area contributed by atoms with Crippen molar-refractivity contribution in [1.29, 1.82) is 0 Å². The van der Waals surface area contributed by atoms with Crippen molar-refractivity contribution < 1.29 is 17.9 Å². The predicted octanol–water partition coefficient (Wildman–Crippen LogP) is 3.95. The number of anilines is 1. The van der Waals surface area contributed by atoms with Crippen molar-refractivity contribution in [1.82, 2.24) is 4.72 Å². The third kappa shape index (κ3) is 6.98. The second-order valence-corrected chi connectivity index (χ2v) is 8.31. The van der Waals surface area contributed by atoms with Gasteiger partial charge in [-0.05, 0) is 49.7 Å². The van der Waals surface area contributed by atoms with Crippen LogP contribution in [0.3, 0.4) is 0 Å². The molecule has 6 nitrogen and oxygen atoms in total. The van der Waals surface area contributed by atoms with Gasteiger partial charge >= 0.3 is 0 Å². The Balaban J connectivity index is 1.88. The van der Waals surface area contributed by atoms with Crippen LogP contribution < -0.4 is 14.8 Å². The van der Waals surface area contributed by atoms with Crippen molar-refractivity contribution >= 4 is 21.6 Å². The van der Waals surface area contributed by atoms with E-state index in [1.54, 1.807) is 31.2 Å². The van der Waals surface area contributed by atoms with Crippen LogP contribution >= 0.6 is 0 Å². The molecule has 152 valence electrons. The van der Waals surface area contributed by atoms with Crippen molar-refractivity contribution in [2.75, 3.05) is 11.9 Å². The van der Waals surface area contributed by atoms with E-state index in [4.69, 9.17) is 4.74 Å². The van der Waals surface area contributed by atoms with Crippen LogP contribution in [0.15, 0.2) is 59.5 Å². The van der Waals surface area contributed by atoms with Crippen LogP contribution in [0.2, 0.25) is 0 Å². The van der Waals surface area contributed by atoms with E-state index in [-0.39, 0.29) is 10.8 Å². The molecule has 0 spiro atoms. The first-order chi connectivity index (χ1) is 13.4. The van der Waals surface area contributed by atoms with Gasteiger partial charge in [0.2, 0.25) is 10.0 Å². The summed E-state index contributed by atoms with van der Waals surface area (Å²) >= 11 is 0. The van der Waals surface area contributed by atoms with Gasteiger partial charge in [0.05, 0.1) is 4.90 Å². The van der Waals surface area contributed by atoms with Gasteiger partial charge in [-0.25, -0.2) is 13.1 Å². The van der Waals surface area contributed by atoms with Crippen LogP contribution in [0.5, 0.6) is 5.75 Å². The summed E-state index contributed by atoms with van der Waals surface area (Å²) in [7, 11) is -3.54. The summed E-state index contributed by atoms with van der Waals surface area (Å²) in [4.78, 5) is 12.4. The lowest BCUT2D eigenvalue weighted by atomic mass is 10.2. The van der Waals surface area contributed by atoms with Gasteiger partial charge in [0.1, 0.15) is 5.75 Å². The highest BCUT2D eigenvalue weighted by atomic mass is 32.2. The number of ether oxygens (including phenoxy) is 1. The molecule has 0 fully saturated rings. The van der Waals surface area contributed by atoms with Gasteiger partial charge in [-0.2, -0.15) is 0 Å². The van der Waals surface area contributed by atoms with Crippen molar-refractivity contribution in [3.05, 3.63) is 54.6 Å². The molecule has 2 aromatic rings. The lowest BCUT2D eigenvalue weighted by Crippen LogP contribution is -2.30. The number of amides is 1. The van der Waals surface area contributed by atoms with E-state index >= 15 is 0 Å². The summed E-state index contributed by atoms with van der Waals surface area (Å²) in [6.07, 6.45) is 3.35. The number of carbonyl (C=O) groups excluding carboxylic acids is 1. The standard InChI is InChI=1S/C21H28N2O4S/c1-3-4-5-9-16-22-28(25,26)20-14-12-18(13-15-20)23-21(24)17(2)27-19-10-7-6-8-11-19/h6-8,10-15,17,22H,3-5,9,16H2,1-2H3,(H,23,24). The van der Waals surface area contributed by atoms with E-state index in [2.05, 4.69) is 17.0 Å². The molecule has 0 saturated carbocycles. The maximum Gasteiger partial charge on any atom is 0.265 e. The molecule has 2 rings (SSSR count). The number of hydrogen-bond acceptors (Lipinski definition) is 4. The fourth-order valence-corrected chi connectivity index (χ4v) is 3.63. The summed E-state index contributed by atoms with van der Waals surface area (Å²) in [5, 5.41) is 2.73. The average Bonchev–Trinajstić information content (AvgIpc) is 2.69. The number of nitrogens with one attached hydrogen (secondary N) is 2. The molecule has 1 amide bonds. The van der Waals surface area contributed by atoms with E-state index in [9.17, 15) is 13.2 Å². The third-order valence-electron chi connectivity index (χ3n) is 4.18. The van der Waals surface area contributed by atoms with Crippen molar-refractivity contribution in [3.63, 3.8) is 0 Å². The minimum atomic E-state index is -3.54. The Morgan fingerprint density at radius 1 is 1.00 bits per heavy atom. The summed E-state index contributed by atoms with van der Waals surface area (Å²) in [6.45, 7) is 4.19. The number of hydrogen-bond donors (Lipinski definition) is 2. The molecule has 0 bridgehead atoms. The molecule has 1 atom stereocenters. The Morgan fingerprint density at radius 2 is 1.68 bits per heavy atom. The highest BCUT2D eigenvalue weighted by Gasteiger charge is 2.16. The number of para-hydroxylation sites is 1. The van der Waals surface area contributed by atoms with Crippen LogP contribution in [0, 0.1) is 0 Å². The Kier molecular flexibility index (Phi) is 8.47. The number of rotatable bonds is 11. The van der Waals surface area contributed by atoms with E-state index < -0.39 is 16.1 Å². The molecule has 0 aliphatic heterocycles. The minimum Gasteiger partial charge on any atom is -0.481 e. The number of sulfonamides is 1. The molecule has 1 unspecified atom stereocenters. The Morgan fingerprint density at radius 3 is 2.32 bits per heavy atom. The third-order valence-corrected chi connectivity index (χ3v) is 5.66. The van der Waals surface area contributed by atoms with Crippen molar-refractivity contribution in [2.24, 2.45) is 0 Å². The quantitative estimate of drug-likeness (QED) is 0.556. The lowest BCUT2D eigenvalue weighted by molar-refractivity contribution is -0.122. The first-order valence-corrected chi connectivity index (χ1v) is 11.0. The minimum absolute atomic E-state index is 0.176. The molecule has 7 heteroatoms. The summed E-state index contributed by atoms with van der Waals surface area (Å²) in [5.41, 5.74) is 0.510. The van der Waals surface area contributed by atoms with Gasteiger partial charge in [0, 0.05) is 12.2 Å². The summed E-state index contributed by atoms with van der Waals surface area (Å²) < 4.78 is 32.8. The van der Waals surface area contributed by atoms with Gasteiger partial charge in [-0.15, -0.1) is 0 Å². The van der Waals surface area contributed by atoms with E-state index in [1.165, 1.54) is 12.1 Å². The zero-order valence-electron chi connectivity index (χ0n) is 16.4. The van der Waals surface area contributed by atoms with Gasteiger partial charge in [-0.3, -0.25) is 4.79 Å². The summed E-state index contributed by atoms with van der Waals surface area (Å²) in [5.74, 6) is 0.296. The zero-order valence-corrected chi connectivity index (χ0v) is 17.2. The Bertz CT molecular complexity index is 836. The second-order valence-electron chi connectivity index (χ2n) is 6.55. The largest absolute Gasteiger partial charge is 0.481 e. The number of unbranched alkanes of at least 4 members (excludes halogenated alkanes) is 3. The van der Waals surface area contributed by atoms with Gasteiger partial charge in [-0.1, -0.05) is 44.4 Å². The number of benzene rings is 2. The van der Waals surface area contributed by atoms with Crippen LogP contribution in [0.25, 0.3) is 0 Å². The molecule has 0 aromatic heterocycles. The van der Waals surface area contributed by atoms with E-state index in [0.717, 1.165) is 25.7 Å². The molecule has 0 aliphatic rings. The molecular formula is C21H28N2O4S. The Labute approximate surface area is 167 Å². The molecule has 2 aromatic carbocycles. The molecule has 0 heterocycles. The highest BCUT2D eigenvalue weighted by Crippen LogP contribution is 2.16. The van der Waals surface area contributed by atoms with Crippen LogP contribution in [0.4, 0.5) is 5.69 Å². The maximum absolute atomic E-state index is 12.3. The molecule has 28 heavy (non-hydrogen) atoms. The fraction of sp³-hybridized carbons (Fsp3) is 0.381. The predicted molar refractivity (Wildman–Crippen MR) is 111 cm³/mol. The molecule has 2 N–H and O–H groups in total. The first kappa shape index (κ1) is 21.9. The fourth-order valence-electron chi connectivity index (χ4n) is 2.56. The zero-order chi connectivity index (χ0) is 20.4. The van der Waals surface area contributed by atoms with Crippen molar-refractivity contribution in [3.8, 4) is 5.75 Å². The van der Waals surface area contributed by atoms with Gasteiger partial charge in [0.15, 0.2) is 6.10 Å². The summed E-state index contributed by atoms with van der Waals surface area (Å²) in [6, 6.07) is 15.2. The number of carbonyl (C=O) groups is 1. The van der Waals surface area contributed by atoms with Gasteiger partial charge < -0.3 is 10.1 Å². The average molecular weight is 405 g/mol. The van der Waals surface area contributed by atoms with Crippen molar-refractivity contribution in [2.45, 2.75) is 50.5 Å². The maximum atomic E-state index is 12.3. The van der Waals surface area contributed by atoms with E-state index in [0.29, 0.717) is 18.0 Å². The van der Waals surface area contributed by atoms with Crippen LogP contribution in [0.1, 0.15) is 39.5 Å². The van der Waals surface area contributed by atoms with Crippen LogP contribution in [-0.4, -0.2) is 27.0 Å². The van der Waals surface area contributed by atoms with Crippen LogP contribution in [-0.2, 0) is 14.8 Å². The highest BCUT2D eigenvalue weighted by molar-refractivity contribution is 7.89. The monoisotopic (exact) mass is 404 g/mol. The normalized spacial score (nSPS) is 12.4. The van der Waals surface area contributed by atoms with Gasteiger partial charge in [0.25, 0.3) is 5.91 Å². The topological polar surface area (TPSA) is 84.5 Å². The molecular weight excluding hydrogens is 376 g/mol. The lowest BCUT2D eigenvalue weighted by Gasteiger charge is -2.15. The van der Waals surface area contributed by atoms with E-state index in [1.807, 2.05) is 18.2 Å². The SMILES string of the molecule is CCCCCCNS(=O)(=O)c1ccc(NC(=O)C(C)Oc2ccccc2)cc1. The second kappa shape index (κ2) is 10.8. The smallest absolute Gasteiger partial charge is 0.265 e. The molecule has 0 radical (unpaired) electrons. The Hall–Kier alpha value is -2.38. The molecule has 0 aliphatic carbocycles.